The molecule has 0 amide bonds. The molecule has 1 unspecified atom stereocenters. The van der Waals surface area contributed by atoms with Crippen molar-refractivity contribution in [2.75, 3.05) is 25.1 Å². The van der Waals surface area contributed by atoms with Crippen LogP contribution in [0.4, 0.5) is 10.2 Å². The van der Waals surface area contributed by atoms with Gasteiger partial charge in [-0.15, -0.1) is 0 Å². The maximum Gasteiger partial charge on any atom is 0.318 e. The number of hydrogen-bond acceptors (Lipinski definition) is 7. The van der Waals surface area contributed by atoms with E-state index in [1.165, 1.54) is 13.2 Å². The van der Waals surface area contributed by atoms with Gasteiger partial charge in [-0.25, -0.2) is 4.39 Å². The van der Waals surface area contributed by atoms with Gasteiger partial charge in [-0.05, 0) is 29.3 Å². The number of phenolic OH excluding ortho intramolecular Hbond substituents is 1. The Hall–Kier alpha value is -3.52. The van der Waals surface area contributed by atoms with Gasteiger partial charge in [0, 0.05) is 30.9 Å². The van der Waals surface area contributed by atoms with Crippen LogP contribution in [-0.4, -0.2) is 46.3 Å². The predicted molar refractivity (Wildman–Crippen MR) is 113 cm³/mol. The number of nitrogens with two attached hydrogens (primary N) is 1. The SMILES string of the molecule is COc1nc(N2CCC(N)C2)c2cnc(-c3cc(O)cc4ccccc34)c(F)c2n1. The second kappa shape index (κ2) is 7.07. The van der Waals surface area contributed by atoms with Crippen molar-refractivity contribution in [3.05, 3.63) is 48.4 Å². The lowest BCUT2D eigenvalue weighted by molar-refractivity contribution is 0.381. The third kappa shape index (κ3) is 2.96. The molecule has 8 heteroatoms. The van der Waals surface area contributed by atoms with Crippen molar-refractivity contribution in [3.8, 4) is 23.0 Å². The number of aromatic hydroxyl groups is 1. The van der Waals surface area contributed by atoms with Gasteiger partial charge in [0.15, 0.2) is 5.82 Å². The molecule has 0 bridgehead atoms. The number of anilines is 1. The van der Waals surface area contributed by atoms with Crippen LogP contribution in [0, 0.1) is 5.82 Å². The molecule has 30 heavy (non-hydrogen) atoms. The van der Waals surface area contributed by atoms with E-state index >= 15 is 4.39 Å². The van der Waals surface area contributed by atoms with Crippen molar-refractivity contribution in [1.29, 1.82) is 0 Å². The van der Waals surface area contributed by atoms with Crippen molar-refractivity contribution >= 4 is 27.5 Å². The van der Waals surface area contributed by atoms with E-state index in [0.29, 0.717) is 23.3 Å². The first-order valence-corrected chi connectivity index (χ1v) is 9.68. The molecule has 1 atom stereocenters. The smallest absolute Gasteiger partial charge is 0.318 e. The maximum atomic E-state index is 15.7. The average Bonchev–Trinajstić information content (AvgIpc) is 3.19. The van der Waals surface area contributed by atoms with Crippen molar-refractivity contribution in [2.24, 2.45) is 5.73 Å². The van der Waals surface area contributed by atoms with Crippen LogP contribution in [0.5, 0.6) is 11.8 Å². The van der Waals surface area contributed by atoms with Crippen LogP contribution >= 0.6 is 0 Å². The summed E-state index contributed by atoms with van der Waals surface area (Å²) in [5.74, 6) is 0.00854. The van der Waals surface area contributed by atoms with Crippen LogP contribution < -0.4 is 15.4 Å². The Morgan fingerprint density at radius 2 is 2.03 bits per heavy atom. The van der Waals surface area contributed by atoms with E-state index < -0.39 is 5.82 Å². The van der Waals surface area contributed by atoms with Gasteiger partial charge >= 0.3 is 6.01 Å². The van der Waals surface area contributed by atoms with E-state index in [0.717, 1.165) is 23.7 Å². The number of pyridine rings is 1. The van der Waals surface area contributed by atoms with Crippen LogP contribution in [0.1, 0.15) is 6.42 Å². The lowest BCUT2D eigenvalue weighted by Crippen LogP contribution is -2.27. The summed E-state index contributed by atoms with van der Waals surface area (Å²) >= 11 is 0. The first-order chi connectivity index (χ1) is 14.5. The van der Waals surface area contributed by atoms with Crippen LogP contribution in [0.3, 0.4) is 0 Å². The summed E-state index contributed by atoms with van der Waals surface area (Å²) < 4.78 is 21.0. The van der Waals surface area contributed by atoms with Gasteiger partial charge in [0.25, 0.3) is 0 Å². The van der Waals surface area contributed by atoms with E-state index in [4.69, 9.17) is 10.5 Å². The van der Waals surface area contributed by atoms with Crippen LogP contribution in [-0.2, 0) is 0 Å². The van der Waals surface area contributed by atoms with Gasteiger partial charge in [0.2, 0.25) is 0 Å². The van der Waals surface area contributed by atoms with E-state index in [-0.39, 0.29) is 29.0 Å². The standard InChI is InChI=1S/C22H20FN5O2/c1-30-22-26-20-17(21(27-22)28-7-6-13(24)11-28)10-25-19(18(20)23)16-9-14(29)8-12-4-2-3-5-15(12)16/h2-5,8-10,13,29H,6-7,11,24H2,1H3. The topological polar surface area (TPSA) is 97.4 Å². The summed E-state index contributed by atoms with van der Waals surface area (Å²) in [6, 6.07) is 10.7. The predicted octanol–water partition coefficient (Wildman–Crippen LogP) is 3.24. The number of halogens is 1. The molecule has 2 aromatic carbocycles. The van der Waals surface area contributed by atoms with E-state index in [1.54, 1.807) is 12.3 Å². The number of ether oxygens (including phenoxy) is 1. The second-order valence-corrected chi connectivity index (χ2v) is 7.43. The third-order valence-electron chi connectivity index (χ3n) is 5.45. The Morgan fingerprint density at radius 1 is 1.20 bits per heavy atom. The summed E-state index contributed by atoms with van der Waals surface area (Å²) in [4.78, 5) is 15.1. The maximum absolute atomic E-state index is 15.7. The summed E-state index contributed by atoms with van der Waals surface area (Å²) in [5, 5.41) is 12.2. The Balaban J connectivity index is 1.76. The quantitative estimate of drug-likeness (QED) is 0.540. The fourth-order valence-electron chi connectivity index (χ4n) is 4.01. The molecule has 0 saturated carbocycles. The fraction of sp³-hybridized carbons (Fsp3) is 0.227. The number of nitrogens with zero attached hydrogens (tertiary/aromatic N) is 4. The number of rotatable bonds is 3. The minimum atomic E-state index is -0.589. The van der Waals surface area contributed by atoms with Gasteiger partial charge in [-0.1, -0.05) is 24.3 Å². The molecule has 7 nitrogen and oxygen atoms in total. The molecule has 3 heterocycles. The Labute approximate surface area is 172 Å². The summed E-state index contributed by atoms with van der Waals surface area (Å²) in [7, 11) is 1.45. The van der Waals surface area contributed by atoms with Crippen molar-refractivity contribution in [3.63, 3.8) is 0 Å². The average molecular weight is 405 g/mol. The zero-order valence-electron chi connectivity index (χ0n) is 16.3. The molecule has 0 radical (unpaired) electrons. The summed E-state index contributed by atoms with van der Waals surface area (Å²) in [6.45, 7) is 1.34. The number of methoxy groups -OCH3 is 1. The molecule has 0 spiro atoms. The Bertz CT molecular complexity index is 1280. The lowest BCUT2D eigenvalue weighted by Gasteiger charge is -2.19. The summed E-state index contributed by atoms with van der Waals surface area (Å²) in [5.41, 5.74) is 6.77. The van der Waals surface area contributed by atoms with Gasteiger partial charge < -0.3 is 20.5 Å². The molecule has 4 aromatic rings. The lowest BCUT2D eigenvalue weighted by atomic mass is 10.0. The molecular formula is C22H20FN5O2. The molecule has 1 aliphatic rings. The highest BCUT2D eigenvalue weighted by Crippen LogP contribution is 2.37. The molecule has 1 saturated heterocycles. The highest BCUT2D eigenvalue weighted by molar-refractivity contribution is 5.99. The monoisotopic (exact) mass is 405 g/mol. The van der Waals surface area contributed by atoms with Crippen LogP contribution in [0.15, 0.2) is 42.6 Å². The van der Waals surface area contributed by atoms with Gasteiger partial charge in [0.05, 0.1) is 12.5 Å². The fourth-order valence-corrected chi connectivity index (χ4v) is 4.01. The zero-order chi connectivity index (χ0) is 20.8. The molecule has 3 N–H and O–H groups in total. The number of aromatic nitrogens is 3. The summed E-state index contributed by atoms with van der Waals surface area (Å²) in [6.07, 6.45) is 2.41. The second-order valence-electron chi connectivity index (χ2n) is 7.43. The molecule has 0 aliphatic carbocycles. The number of benzene rings is 2. The van der Waals surface area contributed by atoms with Gasteiger partial charge in [0.1, 0.15) is 22.8 Å². The number of fused-ring (bicyclic) bond motifs is 2. The first-order valence-electron chi connectivity index (χ1n) is 9.68. The number of hydrogen-bond donors (Lipinski definition) is 2. The molecule has 2 aromatic heterocycles. The first kappa shape index (κ1) is 18.5. The van der Waals surface area contributed by atoms with Crippen molar-refractivity contribution in [2.45, 2.75) is 12.5 Å². The Morgan fingerprint density at radius 3 is 2.80 bits per heavy atom. The minimum absolute atomic E-state index is 0.0387. The van der Waals surface area contributed by atoms with Gasteiger partial charge in [-0.2, -0.15) is 9.97 Å². The zero-order valence-corrected chi connectivity index (χ0v) is 16.3. The molecule has 152 valence electrons. The van der Waals surface area contributed by atoms with E-state index in [9.17, 15) is 5.11 Å². The molecule has 1 aliphatic heterocycles. The van der Waals surface area contributed by atoms with Gasteiger partial charge in [-0.3, -0.25) is 4.98 Å². The Kier molecular flexibility index (Phi) is 4.36. The molecule has 5 rings (SSSR count). The molecular weight excluding hydrogens is 385 g/mol. The minimum Gasteiger partial charge on any atom is -0.508 e. The van der Waals surface area contributed by atoms with Crippen LogP contribution in [0.25, 0.3) is 32.9 Å². The number of phenols is 1. The highest BCUT2D eigenvalue weighted by Gasteiger charge is 2.26. The third-order valence-corrected chi connectivity index (χ3v) is 5.45. The molecule has 1 fully saturated rings. The van der Waals surface area contributed by atoms with Crippen molar-refractivity contribution < 1.29 is 14.2 Å². The van der Waals surface area contributed by atoms with E-state index in [1.807, 2.05) is 29.2 Å². The van der Waals surface area contributed by atoms with E-state index in [2.05, 4.69) is 15.0 Å². The van der Waals surface area contributed by atoms with Crippen molar-refractivity contribution in [1.82, 2.24) is 15.0 Å². The normalized spacial score (nSPS) is 16.5. The largest absolute Gasteiger partial charge is 0.508 e. The highest BCUT2D eigenvalue weighted by atomic mass is 19.1. The van der Waals surface area contributed by atoms with Crippen LogP contribution in [0.2, 0.25) is 0 Å².